The van der Waals surface area contributed by atoms with Crippen LogP contribution in [0.1, 0.15) is 62.5 Å². The number of nitrogens with zero attached hydrogens (tertiary/aromatic N) is 3. The first-order valence-electron chi connectivity index (χ1n) is 14.1. The Balaban J connectivity index is 1.57. The molecule has 12 nitrogen and oxygen atoms in total. The lowest BCUT2D eigenvalue weighted by atomic mass is 10.1. The topological polar surface area (TPSA) is 151 Å². The van der Waals surface area contributed by atoms with Crippen LogP contribution in [0.3, 0.4) is 0 Å². The number of hydrogen-bond donors (Lipinski definition) is 2. The van der Waals surface area contributed by atoms with Crippen molar-refractivity contribution in [1.29, 1.82) is 0 Å². The number of hydrogen-bond acceptors (Lipinski definition) is 11. The van der Waals surface area contributed by atoms with E-state index in [9.17, 15) is 23.6 Å². The van der Waals surface area contributed by atoms with Gasteiger partial charge in [0.25, 0.3) is 5.91 Å². The van der Waals surface area contributed by atoms with Crippen molar-refractivity contribution >= 4 is 51.9 Å². The molecule has 0 unspecified atom stereocenters. The van der Waals surface area contributed by atoms with Gasteiger partial charge in [-0.1, -0.05) is 11.8 Å². The first-order valence-corrected chi connectivity index (χ1v) is 15.8. The summed E-state index contributed by atoms with van der Waals surface area (Å²) in [7, 11) is 1.53. The van der Waals surface area contributed by atoms with Gasteiger partial charge in [-0.25, -0.2) is 14.0 Å². The van der Waals surface area contributed by atoms with Gasteiger partial charge in [-0.2, -0.15) is 0 Å². The lowest BCUT2D eigenvalue weighted by Gasteiger charge is -2.14. The normalized spacial score (nSPS) is 11.4. The molecular formula is C31H32FN5O7S2. The van der Waals surface area contributed by atoms with Crippen molar-refractivity contribution in [3.8, 4) is 11.4 Å². The van der Waals surface area contributed by atoms with Crippen molar-refractivity contribution in [2.75, 3.05) is 25.6 Å². The number of thioether (sulfide) groups is 1. The first kappa shape index (κ1) is 34.1. The zero-order valence-electron chi connectivity index (χ0n) is 25.7. The minimum atomic E-state index is -0.784. The summed E-state index contributed by atoms with van der Waals surface area (Å²) in [5.41, 5.74) is 1.33. The van der Waals surface area contributed by atoms with Crippen LogP contribution in [-0.2, 0) is 20.8 Å². The molecule has 4 rings (SSSR count). The molecule has 15 heteroatoms. The summed E-state index contributed by atoms with van der Waals surface area (Å²) < 4.78 is 30.8. The molecule has 0 fully saturated rings. The van der Waals surface area contributed by atoms with Gasteiger partial charge in [0, 0.05) is 11.3 Å². The third kappa shape index (κ3) is 7.90. The van der Waals surface area contributed by atoms with Gasteiger partial charge in [-0.05, 0) is 81.8 Å². The molecule has 2 amide bonds. The van der Waals surface area contributed by atoms with Gasteiger partial charge in [0.15, 0.2) is 11.0 Å². The predicted octanol–water partition coefficient (Wildman–Crippen LogP) is 5.19. The molecule has 4 aromatic rings. The summed E-state index contributed by atoms with van der Waals surface area (Å²) in [6.45, 7) is 6.75. The van der Waals surface area contributed by atoms with E-state index in [4.69, 9.17) is 14.2 Å². The number of carbonyl (C=O) groups is 4. The lowest BCUT2D eigenvalue weighted by molar-refractivity contribution is -0.115. The van der Waals surface area contributed by atoms with Gasteiger partial charge in [-0.3, -0.25) is 14.2 Å². The highest BCUT2D eigenvalue weighted by Crippen LogP contribution is 2.35. The number of halogens is 1. The van der Waals surface area contributed by atoms with Crippen LogP contribution in [0.2, 0.25) is 0 Å². The average molecular weight is 670 g/mol. The summed E-state index contributed by atoms with van der Waals surface area (Å²) in [4.78, 5) is 51.7. The Labute approximate surface area is 272 Å². The average Bonchev–Trinajstić information content (AvgIpc) is 3.60. The number of carbonyl (C=O) groups excluding carboxylic acids is 4. The van der Waals surface area contributed by atoms with Crippen LogP contribution < -0.4 is 15.4 Å². The monoisotopic (exact) mass is 669 g/mol. The maximum Gasteiger partial charge on any atom is 0.348 e. The minimum Gasteiger partial charge on any atom is -0.497 e. The smallest absolute Gasteiger partial charge is 0.348 e. The molecule has 0 aliphatic carbocycles. The Morgan fingerprint density at radius 2 is 1.63 bits per heavy atom. The van der Waals surface area contributed by atoms with E-state index in [1.165, 1.54) is 31.4 Å². The van der Waals surface area contributed by atoms with E-state index >= 15 is 0 Å². The number of nitrogens with one attached hydrogen (secondary N) is 2. The van der Waals surface area contributed by atoms with Crippen molar-refractivity contribution in [1.82, 2.24) is 20.1 Å². The molecule has 0 aliphatic rings. The molecule has 242 valence electrons. The van der Waals surface area contributed by atoms with E-state index in [-0.39, 0.29) is 41.1 Å². The fourth-order valence-corrected chi connectivity index (χ4v) is 6.19. The highest BCUT2D eigenvalue weighted by atomic mass is 32.2. The number of amides is 2. The summed E-state index contributed by atoms with van der Waals surface area (Å²) in [5.74, 6) is -1.64. The van der Waals surface area contributed by atoms with E-state index in [1.54, 1.807) is 56.5 Å². The second-order valence-electron chi connectivity index (χ2n) is 9.57. The zero-order chi connectivity index (χ0) is 33.4. The van der Waals surface area contributed by atoms with Gasteiger partial charge in [0.1, 0.15) is 21.4 Å². The van der Waals surface area contributed by atoms with Crippen molar-refractivity contribution in [2.45, 2.75) is 44.6 Å². The van der Waals surface area contributed by atoms with E-state index in [2.05, 4.69) is 20.8 Å². The van der Waals surface area contributed by atoms with Crippen LogP contribution in [0.5, 0.6) is 5.75 Å². The number of anilines is 1. The Morgan fingerprint density at radius 1 is 0.978 bits per heavy atom. The molecule has 0 aliphatic heterocycles. The predicted molar refractivity (Wildman–Crippen MR) is 170 cm³/mol. The maximum atomic E-state index is 13.8. The highest BCUT2D eigenvalue weighted by molar-refractivity contribution is 8.00. The van der Waals surface area contributed by atoms with E-state index in [1.807, 2.05) is 0 Å². The molecule has 0 radical (unpaired) electrons. The minimum absolute atomic E-state index is 0.0234. The maximum absolute atomic E-state index is 13.8. The van der Waals surface area contributed by atoms with Gasteiger partial charge in [0.05, 0.1) is 37.7 Å². The summed E-state index contributed by atoms with van der Waals surface area (Å²) in [6.07, 6.45) is 0. The molecule has 0 bridgehead atoms. The molecule has 46 heavy (non-hydrogen) atoms. The van der Waals surface area contributed by atoms with Crippen LogP contribution >= 0.6 is 23.1 Å². The van der Waals surface area contributed by atoms with Gasteiger partial charge < -0.3 is 24.8 Å². The Kier molecular flexibility index (Phi) is 11.5. The molecule has 1 atom stereocenters. The van der Waals surface area contributed by atoms with Crippen molar-refractivity contribution in [3.63, 3.8) is 0 Å². The molecule has 2 aromatic carbocycles. The van der Waals surface area contributed by atoms with Crippen LogP contribution in [0, 0.1) is 12.7 Å². The van der Waals surface area contributed by atoms with Crippen LogP contribution in [0.25, 0.3) is 5.69 Å². The molecule has 0 saturated carbocycles. The van der Waals surface area contributed by atoms with Gasteiger partial charge >= 0.3 is 11.9 Å². The SMILES string of the molecule is CCOC(=O)c1sc(NC(=O)[C@@H](C)Sc2nnc(CNC(=O)c3ccc(OC)cc3)n2-c2ccc(F)cc2)c(C(=O)OCC)c1C. The van der Waals surface area contributed by atoms with Crippen LogP contribution in [-0.4, -0.2) is 64.1 Å². The lowest BCUT2D eigenvalue weighted by Crippen LogP contribution is -2.25. The number of esters is 2. The van der Waals surface area contributed by atoms with Gasteiger partial charge in [-0.15, -0.1) is 21.5 Å². The molecule has 0 saturated heterocycles. The van der Waals surface area contributed by atoms with Crippen LogP contribution in [0.4, 0.5) is 9.39 Å². The second kappa shape index (κ2) is 15.5. The van der Waals surface area contributed by atoms with Crippen molar-refractivity contribution < 1.29 is 37.8 Å². The Hall–Kier alpha value is -4.76. The number of thiophene rings is 1. The van der Waals surface area contributed by atoms with E-state index < -0.39 is 28.9 Å². The van der Waals surface area contributed by atoms with E-state index in [0.29, 0.717) is 33.5 Å². The molecular weight excluding hydrogens is 638 g/mol. The largest absolute Gasteiger partial charge is 0.497 e. The number of ether oxygens (including phenoxy) is 3. The van der Waals surface area contributed by atoms with Gasteiger partial charge in [0.2, 0.25) is 5.91 Å². The molecule has 2 aromatic heterocycles. The van der Waals surface area contributed by atoms with Crippen molar-refractivity contribution in [3.05, 3.63) is 81.7 Å². The number of rotatable bonds is 13. The standard InChI is InChI=1S/C31H32FN5O7S2/c1-6-43-29(40)24-17(3)25(30(41)44-7-2)46-28(24)34-26(38)18(4)45-31-36-35-23(37(31)21-12-10-20(32)11-13-21)16-33-27(39)19-8-14-22(42-5)15-9-19/h8-15,18H,6-7,16H2,1-5H3,(H,33,39)(H,34,38)/t18-/m1/s1. The molecule has 2 N–H and O–H groups in total. The summed E-state index contributed by atoms with van der Waals surface area (Å²) in [6, 6.07) is 12.2. The third-order valence-corrected chi connectivity index (χ3v) is 8.75. The summed E-state index contributed by atoms with van der Waals surface area (Å²) in [5, 5.41) is 13.7. The number of methoxy groups -OCH3 is 1. The third-order valence-electron chi connectivity index (χ3n) is 6.52. The molecule has 0 spiro atoms. The quantitative estimate of drug-likeness (QED) is 0.144. The number of benzene rings is 2. The Bertz CT molecular complexity index is 1720. The Morgan fingerprint density at radius 3 is 2.26 bits per heavy atom. The summed E-state index contributed by atoms with van der Waals surface area (Å²) >= 11 is 1.98. The second-order valence-corrected chi connectivity index (χ2v) is 11.9. The van der Waals surface area contributed by atoms with Crippen molar-refractivity contribution in [2.24, 2.45) is 0 Å². The first-order chi connectivity index (χ1) is 22.1. The van der Waals surface area contributed by atoms with E-state index in [0.717, 1.165) is 23.1 Å². The number of aromatic nitrogens is 3. The van der Waals surface area contributed by atoms with Crippen LogP contribution in [0.15, 0.2) is 53.7 Å². The fraction of sp³-hybridized carbons (Fsp3) is 0.290. The highest BCUT2D eigenvalue weighted by Gasteiger charge is 2.29. The molecule has 2 heterocycles. The zero-order valence-corrected chi connectivity index (χ0v) is 27.3. The fourth-order valence-electron chi connectivity index (χ4n) is 4.21.